The molecule has 158 valence electrons. The van der Waals surface area contributed by atoms with E-state index in [1.54, 1.807) is 17.0 Å². The fourth-order valence-corrected chi connectivity index (χ4v) is 4.38. The third-order valence-electron chi connectivity index (χ3n) is 6.39. The maximum Gasteiger partial charge on any atom is 0.264 e. The van der Waals surface area contributed by atoms with E-state index in [0.29, 0.717) is 23.4 Å². The van der Waals surface area contributed by atoms with Crippen LogP contribution >= 0.6 is 0 Å². The van der Waals surface area contributed by atoms with Crippen LogP contribution in [0.25, 0.3) is 0 Å². The third kappa shape index (κ3) is 3.57. The molecule has 4 nitrogen and oxygen atoms in total. The van der Waals surface area contributed by atoms with Gasteiger partial charge in [0, 0.05) is 11.1 Å². The molecular weight excluding hydrogens is 386 g/mol. The number of aliphatic hydroxyl groups is 1. The predicted octanol–water partition coefficient (Wildman–Crippen LogP) is 4.93. The number of fused-ring (bicyclic) bond motifs is 1. The molecule has 1 aliphatic rings. The largest absolute Gasteiger partial charge is 0.375 e. The number of ketones is 1. The lowest BCUT2D eigenvalue weighted by Crippen LogP contribution is -2.41. The van der Waals surface area contributed by atoms with E-state index in [0.717, 1.165) is 27.8 Å². The van der Waals surface area contributed by atoms with Crippen LogP contribution in [0.2, 0.25) is 0 Å². The lowest BCUT2D eigenvalue weighted by Gasteiger charge is -2.23. The van der Waals surface area contributed by atoms with Crippen LogP contribution in [-0.4, -0.2) is 16.8 Å². The van der Waals surface area contributed by atoms with Gasteiger partial charge >= 0.3 is 0 Å². The van der Waals surface area contributed by atoms with Crippen molar-refractivity contribution in [2.75, 3.05) is 4.90 Å². The maximum absolute atomic E-state index is 13.5. The second-order valence-electron chi connectivity index (χ2n) is 8.55. The van der Waals surface area contributed by atoms with E-state index in [-0.39, 0.29) is 12.2 Å². The minimum absolute atomic E-state index is 0.232. The zero-order chi connectivity index (χ0) is 22.3. The lowest BCUT2D eigenvalue weighted by molar-refractivity contribution is -0.136. The summed E-state index contributed by atoms with van der Waals surface area (Å²) in [5.41, 5.74) is 4.88. The second kappa shape index (κ2) is 7.78. The van der Waals surface area contributed by atoms with Crippen LogP contribution in [0.4, 0.5) is 5.69 Å². The number of carbonyl (C=O) groups is 2. The average Bonchev–Trinajstić information content (AvgIpc) is 2.94. The molecular formula is C27H27NO3. The topological polar surface area (TPSA) is 57.6 Å². The molecule has 0 bridgehead atoms. The number of rotatable bonds is 5. The van der Waals surface area contributed by atoms with Crippen molar-refractivity contribution in [3.63, 3.8) is 0 Å². The van der Waals surface area contributed by atoms with Crippen LogP contribution in [0, 0.1) is 27.7 Å². The number of anilines is 1. The zero-order valence-corrected chi connectivity index (χ0v) is 18.4. The molecule has 3 aromatic rings. The van der Waals surface area contributed by atoms with Crippen LogP contribution in [0.1, 0.15) is 50.2 Å². The van der Waals surface area contributed by atoms with Gasteiger partial charge in [0.05, 0.1) is 18.7 Å². The average molecular weight is 414 g/mol. The molecule has 31 heavy (non-hydrogen) atoms. The Morgan fingerprint density at radius 3 is 2.26 bits per heavy atom. The molecule has 1 atom stereocenters. The number of Topliss-reactive ketones (excluding diaryl/α,β-unsaturated/α-hetero) is 1. The summed E-state index contributed by atoms with van der Waals surface area (Å²) < 4.78 is 0. The van der Waals surface area contributed by atoms with Gasteiger partial charge in [-0.15, -0.1) is 0 Å². The van der Waals surface area contributed by atoms with Crippen molar-refractivity contribution < 1.29 is 14.7 Å². The van der Waals surface area contributed by atoms with Gasteiger partial charge in [-0.3, -0.25) is 9.59 Å². The van der Waals surface area contributed by atoms with Gasteiger partial charge in [0.25, 0.3) is 5.91 Å². The standard InChI is InChI=1S/C27H27NO3/c1-17-9-5-6-10-21(17)16-28-24-12-8-7-11-23(24)27(31,26(28)30)15-25(29)22-14-19(3)18(2)13-20(22)4/h5-14,31H,15-16H2,1-4H3/t27-/m1/s1. The van der Waals surface area contributed by atoms with Crippen LogP contribution < -0.4 is 4.90 Å². The first-order valence-electron chi connectivity index (χ1n) is 10.5. The maximum atomic E-state index is 13.5. The van der Waals surface area contributed by atoms with Gasteiger partial charge in [-0.2, -0.15) is 0 Å². The van der Waals surface area contributed by atoms with E-state index in [4.69, 9.17) is 0 Å². The third-order valence-corrected chi connectivity index (χ3v) is 6.39. The highest BCUT2D eigenvalue weighted by Gasteiger charge is 2.50. The molecule has 1 N–H and O–H groups in total. The van der Waals surface area contributed by atoms with E-state index >= 15 is 0 Å². The highest BCUT2D eigenvalue weighted by atomic mass is 16.3. The fraction of sp³-hybridized carbons (Fsp3) is 0.259. The van der Waals surface area contributed by atoms with Crippen LogP contribution in [0.5, 0.6) is 0 Å². The molecule has 4 heteroatoms. The number of hydrogen-bond donors (Lipinski definition) is 1. The van der Waals surface area contributed by atoms with E-state index in [1.165, 1.54) is 0 Å². The summed E-state index contributed by atoms with van der Waals surface area (Å²) in [7, 11) is 0. The first-order chi connectivity index (χ1) is 14.7. The lowest BCUT2D eigenvalue weighted by atomic mass is 9.86. The van der Waals surface area contributed by atoms with Crippen molar-refractivity contribution >= 4 is 17.4 Å². The highest BCUT2D eigenvalue weighted by Crippen LogP contribution is 2.43. The first-order valence-corrected chi connectivity index (χ1v) is 10.5. The van der Waals surface area contributed by atoms with Crippen molar-refractivity contribution in [3.8, 4) is 0 Å². The molecule has 3 aromatic carbocycles. The number of amides is 1. The molecule has 1 heterocycles. The van der Waals surface area contributed by atoms with Gasteiger partial charge in [0.1, 0.15) is 0 Å². The van der Waals surface area contributed by atoms with E-state index in [9.17, 15) is 14.7 Å². The Morgan fingerprint density at radius 1 is 0.871 bits per heavy atom. The molecule has 0 unspecified atom stereocenters. The van der Waals surface area contributed by atoms with Crippen molar-refractivity contribution in [1.29, 1.82) is 0 Å². The van der Waals surface area contributed by atoms with Gasteiger partial charge in [-0.05, 0) is 67.6 Å². The summed E-state index contributed by atoms with van der Waals surface area (Å²) in [6.45, 7) is 8.20. The molecule has 0 spiro atoms. The summed E-state index contributed by atoms with van der Waals surface area (Å²) in [4.78, 5) is 28.3. The van der Waals surface area contributed by atoms with Crippen LogP contribution in [0.15, 0.2) is 60.7 Å². The quantitative estimate of drug-likeness (QED) is 0.604. The fourth-order valence-electron chi connectivity index (χ4n) is 4.38. The highest BCUT2D eigenvalue weighted by molar-refractivity contribution is 6.11. The Hall–Kier alpha value is -3.24. The van der Waals surface area contributed by atoms with Gasteiger partial charge < -0.3 is 10.0 Å². The van der Waals surface area contributed by atoms with Crippen molar-refractivity contribution in [1.82, 2.24) is 0 Å². The summed E-state index contributed by atoms with van der Waals surface area (Å²) in [6, 6.07) is 18.9. The monoisotopic (exact) mass is 413 g/mol. The Morgan fingerprint density at radius 2 is 1.52 bits per heavy atom. The van der Waals surface area contributed by atoms with Crippen molar-refractivity contribution in [3.05, 3.63) is 99.6 Å². The van der Waals surface area contributed by atoms with Crippen molar-refractivity contribution in [2.24, 2.45) is 0 Å². The van der Waals surface area contributed by atoms with Gasteiger partial charge in [-0.25, -0.2) is 0 Å². The molecule has 0 aliphatic carbocycles. The van der Waals surface area contributed by atoms with Gasteiger partial charge in [-0.1, -0.05) is 48.5 Å². The van der Waals surface area contributed by atoms with Crippen molar-refractivity contribution in [2.45, 2.75) is 46.3 Å². The number of carbonyl (C=O) groups excluding carboxylic acids is 2. The number of para-hydroxylation sites is 1. The first kappa shape index (κ1) is 21.0. The normalized spacial score (nSPS) is 17.7. The molecule has 4 rings (SSSR count). The number of hydrogen-bond acceptors (Lipinski definition) is 3. The minimum atomic E-state index is -1.87. The number of aryl methyl sites for hydroxylation is 4. The molecule has 1 aliphatic heterocycles. The van der Waals surface area contributed by atoms with E-state index in [2.05, 4.69) is 0 Å². The summed E-state index contributed by atoms with van der Waals surface area (Å²) >= 11 is 0. The zero-order valence-electron chi connectivity index (χ0n) is 18.4. The molecule has 0 radical (unpaired) electrons. The summed E-state index contributed by atoms with van der Waals surface area (Å²) in [5.74, 6) is -0.684. The summed E-state index contributed by atoms with van der Waals surface area (Å²) in [6.07, 6.45) is -0.281. The minimum Gasteiger partial charge on any atom is -0.375 e. The Bertz CT molecular complexity index is 1200. The second-order valence-corrected chi connectivity index (χ2v) is 8.55. The van der Waals surface area contributed by atoms with Gasteiger partial charge in [0.15, 0.2) is 11.4 Å². The number of benzene rings is 3. The Kier molecular flexibility index (Phi) is 5.28. The van der Waals surface area contributed by atoms with Gasteiger partial charge in [0.2, 0.25) is 0 Å². The van der Waals surface area contributed by atoms with E-state index < -0.39 is 11.5 Å². The molecule has 0 saturated carbocycles. The molecule has 0 saturated heterocycles. The Balaban J connectivity index is 1.71. The Labute approximate surface area is 183 Å². The van der Waals surface area contributed by atoms with Crippen LogP contribution in [0.3, 0.4) is 0 Å². The summed E-state index contributed by atoms with van der Waals surface area (Å²) in [5, 5.41) is 11.6. The number of nitrogens with zero attached hydrogens (tertiary/aromatic N) is 1. The smallest absolute Gasteiger partial charge is 0.264 e. The predicted molar refractivity (Wildman–Crippen MR) is 122 cm³/mol. The van der Waals surface area contributed by atoms with E-state index in [1.807, 2.05) is 76.2 Å². The molecule has 0 aromatic heterocycles. The SMILES string of the molecule is Cc1cc(C)c(C(=O)C[C@]2(O)C(=O)N(Cc3ccccc3C)c3ccccc32)cc1C. The molecule has 1 amide bonds. The van der Waals surface area contributed by atoms with Crippen LogP contribution in [-0.2, 0) is 16.9 Å². The molecule has 0 fully saturated rings.